The van der Waals surface area contributed by atoms with Crippen LogP contribution < -0.4 is 15.5 Å². The number of aromatic nitrogens is 2. The maximum atomic E-state index is 13.2. The number of fused-ring (bicyclic) bond motifs is 1. The molecule has 9 heteroatoms. The van der Waals surface area contributed by atoms with Crippen LogP contribution in [0.25, 0.3) is 10.9 Å². The standard InChI is InChI=1S/C31H33N5O4/c1-21-15-25(27-6-2-3-7-28(27)33-21)20-40-26-10-8-23(9-11-26)31(38)34-29-19-36(18-22-5-4-13-32-17-22)14-12-24(29)16-30(37)35-39/h2-11,13,15,17,24,29,39H,12,14,16,18-20H2,1H3,(H,34,38)(H,35,37)/t24-,29+/m0/s1. The summed E-state index contributed by atoms with van der Waals surface area (Å²) in [5.74, 6) is -0.107. The number of hydroxylamine groups is 1. The monoisotopic (exact) mass is 539 g/mol. The molecule has 1 fully saturated rings. The highest BCUT2D eigenvalue weighted by Crippen LogP contribution is 2.24. The summed E-state index contributed by atoms with van der Waals surface area (Å²) in [4.78, 5) is 36.2. The van der Waals surface area contributed by atoms with E-state index in [1.807, 2.05) is 55.6 Å². The highest BCUT2D eigenvalue weighted by molar-refractivity contribution is 5.94. The number of hydrogen-bond acceptors (Lipinski definition) is 7. The van der Waals surface area contributed by atoms with Crippen molar-refractivity contribution in [3.63, 3.8) is 0 Å². The van der Waals surface area contributed by atoms with Gasteiger partial charge >= 0.3 is 0 Å². The van der Waals surface area contributed by atoms with Crippen LogP contribution in [-0.2, 0) is 17.9 Å². The van der Waals surface area contributed by atoms with E-state index in [-0.39, 0.29) is 24.3 Å². The van der Waals surface area contributed by atoms with Crippen LogP contribution in [0.4, 0.5) is 0 Å². The number of carbonyl (C=O) groups is 2. The molecule has 9 nitrogen and oxygen atoms in total. The van der Waals surface area contributed by atoms with Gasteiger partial charge in [-0.25, -0.2) is 5.48 Å². The van der Waals surface area contributed by atoms with Crippen molar-refractivity contribution in [2.24, 2.45) is 5.92 Å². The van der Waals surface area contributed by atoms with Crippen LogP contribution in [0.15, 0.2) is 79.1 Å². The van der Waals surface area contributed by atoms with E-state index in [0.717, 1.165) is 34.3 Å². The predicted molar refractivity (Wildman–Crippen MR) is 151 cm³/mol. The minimum Gasteiger partial charge on any atom is -0.489 e. The Kier molecular flexibility index (Phi) is 8.63. The van der Waals surface area contributed by atoms with Crippen molar-refractivity contribution in [2.75, 3.05) is 13.1 Å². The van der Waals surface area contributed by atoms with E-state index in [2.05, 4.69) is 20.2 Å². The molecule has 2 amide bonds. The molecule has 4 aromatic rings. The number of aryl methyl sites for hydroxylation is 1. The topological polar surface area (TPSA) is 117 Å². The SMILES string of the molecule is Cc1cc(COc2ccc(C(=O)N[C@@H]3CN(Cc4cccnc4)CC[C@H]3CC(=O)NO)cc2)c2ccccc2n1. The highest BCUT2D eigenvalue weighted by Gasteiger charge is 2.32. The van der Waals surface area contributed by atoms with Crippen molar-refractivity contribution < 1.29 is 19.5 Å². The average Bonchev–Trinajstić information content (AvgIpc) is 2.97. The maximum absolute atomic E-state index is 13.2. The van der Waals surface area contributed by atoms with E-state index in [9.17, 15) is 9.59 Å². The molecule has 1 aliphatic heterocycles. The van der Waals surface area contributed by atoms with Crippen LogP contribution in [0, 0.1) is 12.8 Å². The number of ether oxygens (including phenoxy) is 1. The molecule has 3 N–H and O–H groups in total. The number of nitrogens with one attached hydrogen (secondary N) is 2. The van der Waals surface area contributed by atoms with Gasteiger partial charge < -0.3 is 10.1 Å². The molecule has 3 heterocycles. The summed E-state index contributed by atoms with van der Waals surface area (Å²) in [6.07, 6.45) is 4.43. The minimum atomic E-state index is -0.455. The van der Waals surface area contributed by atoms with Gasteiger partial charge in [-0.1, -0.05) is 24.3 Å². The molecule has 206 valence electrons. The Labute approximate surface area is 233 Å². The smallest absolute Gasteiger partial charge is 0.251 e. The summed E-state index contributed by atoms with van der Waals surface area (Å²) >= 11 is 0. The summed E-state index contributed by atoms with van der Waals surface area (Å²) in [6, 6.07) is 20.7. The Morgan fingerprint density at radius 1 is 1.10 bits per heavy atom. The lowest BCUT2D eigenvalue weighted by Crippen LogP contribution is -2.53. The number of benzene rings is 2. The molecule has 0 bridgehead atoms. The predicted octanol–water partition coefficient (Wildman–Crippen LogP) is 4.03. The van der Waals surface area contributed by atoms with Gasteiger partial charge in [-0.05, 0) is 73.8 Å². The normalized spacial score (nSPS) is 17.4. The lowest BCUT2D eigenvalue weighted by molar-refractivity contribution is -0.130. The summed E-state index contributed by atoms with van der Waals surface area (Å²) in [5.41, 5.74) is 6.23. The van der Waals surface area contributed by atoms with Gasteiger partial charge in [0.2, 0.25) is 5.91 Å². The number of pyridine rings is 2. The first-order valence-corrected chi connectivity index (χ1v) is 13.4. The lowest BCUT2D eigenvalue weighted by Gasteiger charge is -2.38. The van der Waals surface area contributed by atoms with Gasteiger partial charge in [0.05, 0.1) is 5.52 Å². The molecule has 5 rings (SSSR count). The number of likely N-dealkylation sites (tertiary alicyclic amines) is 1. The number of carbonyl (C=O) groups excluding carboxylic acids is 2. The Morgan fingerprint density at radius 3 is 2.70 bits per heavy atom. The first-order valence-electron chi connectivity index (χ1n) is 13.4. The molecule has 0 radical (unpaired) electrons. The van der Waals surface area contributed by atoms with Gasteiger partial charge in [0, 0.05) is 60.2 Å². The molecule has 1 aliphatic rings. The van der Waals surface area contributed by atoms with E-state index in [0.29, 0.717) is 37.4 Å². The zero-order valence-electron chi connectivity index (χ0n) is 22.4. The third-order valence-corrected chi connectivity index (χ3v) is 7.30. The lowest BCUT2D eigenvalue weighted by atomic mass is 9.88. The summed E-state index contributed by atoms with van der Waals surface area (Å²) < 4.78 is 6.04. The van der Waals surface area contributed by atoms with Gasteiger partial charge in [0.25, 0.3) is 5.91 Å². The molecular weight excluding hydrogens is 506 g/mol. The molecule has 0 aliphatic carbocycles. The Morgan fingerprint density at radius 2 is 1.93 bits per heavy atom. The van der Waals surface area contributed by atoms with Gasteiger partial charge in [-0.2, -0.15) is 0 Å². The van der Waals surface area contributed by atoms with E-state index in [4.69, 9.17) is 9.94 Å². The molecule has 2 atom stereocenters. The molecule has 2 aromatic heterocycles. The molecule has 0 spiro atoms. The second-order valence-electron chi connectivity index (χ2n) is 10.2. The largest absolute Gasteiger partial charge is 0.489 e. The molecule has 0 unspecified atom stereocenters. The Balaban J connectivity index is 1.23. The van der Waals surface area contributed by atoms with E-state index in [1.54, 1.807) is 35.9 Å². The summed E-state index contributed by atoms with van der Waals surface area (Å²) in [6.45, 7) is 4.43. The molecule has 40 heavy (non-hydrogen) atoms. The number of para-hydroxylation sites is 1. The van der Waals surface area contributed by atoms with Gasteiger partial charge in [-0.15, -0.1) is 0 Å². The number of rotatable bonds is 9. The third-order valence-electron chi connectivity index (χ3n) is 7.30. The third kappa shape index (κ3) is 6.80. The second-order valence-corrected chi connectivity index (χ2v) is 10.2. The first-order chi connectivity index (χ1) is 19.5. The van der Waals surface area contributed by atoms with Gasteiger partial charge in [0.1, 0.15) is 12.4 Å². The number of nitrogens with zero attached hydrogens (tertiary/aromatic N) is 3. The zero-order chi connectivity index (χ0) is 27.9. The van der Waals surface area contributed by atoms with Crippen LogP contribution in [-0.4, -0.2) is 51.0 Å². The minimum absolute atomic E-state index is 0.0949. The van der Waals surface area contributed by atoms with Crippen molar-refractivity contribution in [2.45, 2.75) is 39.0 Å². The molecule has 0 saturated carbocycles. The van der Waals surface area contributed by atoms with E-state index >= 15 is 0 Å². The van der Waals surface area contributed by atoms with Crippen molar-refractivity contribution in [1.82, 2.24) is 25.7 Å². The Hall–Kier alpha value is -4.34. The van der Waals surface area contributed by atoms with Gasteiger partial charge in [0.15, 0.2) is 0 Å². The zero-order valence-corrected chi connectivity index (χ0v) is 22.4. The fraction of sp³-hybridized carbons (Fsp3) is 0.290. The van der Waals surface area contributed by atoms with Crippen molar-refractivity contribution in [3.8, 4) is 5.75 Å². The van der Waals surface area contributed by atoms with Crippen LogP contribution in [0.3, 0.4) is 0 Å². The van der Waals surface area contributed by atoms with Crippen molar-refractivity contribution in [1.29, 1.82) is 0 Å². The molecular formula is C31H33N5O4. The van der Waals surface area contributed by atoms with Crippen LogP contribution in [0.5, 0.6) is 5.75 Å². The summed E-state index contributed by atoms with van der Waals surface area (Å²) in [5, 5.41) is 13.2. The van der Waals surface area contributed by atoms with Crippen molar-refractivity contribution in [3.05, 3.63) is 102 Å². The number of amides is 2. The fourth-order valence-corrected chi connectivity index (χ4v) is 5.28. The first kappa shape index (κ1) is 27.2. The average molecular weight is 540 g/mol. The fourth-order valence-electron chi connectivity index (χ4n) is 5.28. The van der Waals surface area contributed by atoms with Crippen LogP contribution in [0.1, 0.15) is 40.0 Å². The Bertz CT molecular complexity index is 1460. The van der Waals surface area contributed by atoms with Crippen LogP contribution in [0.2, 0.25) is 0 Å². The highest BCUT2D eigenvalue weighted by atomic mass is 16.5. The molecule has 1 saturated heterocycles. The van der Waals surface area contributed by atoms with E-state index < -0.39 is 5.91 Å². The number of hydrogen-bond donors (Lipinski definition) is 3. The maximum Gasteiger partial charge on any atom is 0.251 e. The van der Waals surface area contributed by atoms with Gasteiger partial charge in [-0.3, -0.25) is 29.7 Å². The van der Waals surface area contributed by atoms with Crippen molar-refractivity contribution >= 4 is 22.7 Å². The second kappa shape index (κ2) is 12.7. The quantitative estimate of drug-likeness (QED) is 0.217. The van der Waals surface area contributed by atoms with E-state index in [1.165, 1.54) is 0 Å². The number of piperidine rings is 1. The summed E-state index contributed by atoms with van der Waals surface area (Å²) in [7, 11) is 0. The van der Waals surface area contributed by atoms with Crippen LogP contribution >= 0.6 is 0 Å². The molecule has 2 aromatic carbocycles.